The molecule has 1 aromatic rings. The summed E-state index contributed by atoms with van der Waals surface area (Å²) >= 11 is 0. The normalized spacial score (nSPS) is 10.8. The lowest BCUT2D eigenvalue weighted by Crippen LogP contribution is -2.37. The number of aryl methyl sites for hydroxylation is 2. The van der Waals surface area contributed by atoms with Gasteiger partial charge in [-0.05, 0) is 25.0 Å². The number of benzene rings is 1. The standard InChI is InChI=1S/C14H22N2O3/c1-11-4-3-5-12(2)14(11)15-13(19)10-16(6-8-17)7-9-18/h3-5,17-18H,6-10H2,1-2H3,(H,15,19). The van der Waals surface area contributed by atoms with Crippen LogP contribution in [0.3, 0.4) is 0 Å². The van der Waals surface area contributed by atoms with E-state index in [-0.39, 0.29) is 25.7 Å². The van der Waals surface area contributed by atoms with Gasteiger partial charge in [0.05, 0.1) is 19.8 Å². The van der Waals surface area contributed by atoms with E-state index in [1.807, 2.05) is 32.0 Å². The molecule has 0 heterocycles. The average Bonchev–Trinajstić information content (AvgIpc) is 2.35. The lowest BCUT2D eigenvalue weighted by atomic mass is 10.1. The molecule has 5 nitrogen and oxygen atoms in total. The van der Waals surface area contributed by atoms with E-state index >= 15 is 0 Å². The maximum Gasteiger partial charge on any atom is 0.238 e. The Balaban J connectivity index is 2.63. The summed E-state index contributed by atoms with van der Waals surface area (Å²) in [6.45, 7) is 4.74. The summed E-state index contributed by atoms with van der Waals surface area (Å²) in [4.78, 5) is 13.7. The van der Waals surface area contributed by atoms with Gasteiger partial charge in [0, 0.05) is 18.8 Å². The minimum Gasteiger partial charge on any atom is -0.395 e. The zero-order valence-electron chi connectivity index (χ0n) is 11.5. The van der Waals surface area contributed by atoms with E-state index in [0.717, 1.165) is 16.8 Å². The van der Waals surface area contributed by atoms with Crippen LogP contribution in [0.4, 0.5) is 5.69 Å². The second kappa shape index (κ2) is 7.89. The first-order valence-electron chi connectivity index (χ1n) is 6.38. The Labute approximate surface area is 113 Å². The minimum absolute atomic E-state index is 0.0311. The summed E-state index contributed by atoms with van der Waals surface area (Å²) in [7, 11) is 0. The van der Waals surface area contributed by atoms with Gasteiger partial charge in [-0.15, -0.1) is 0 Å². The molecule has 5 heteroatoms. The van der Waals surface area contributed by atoms with Gasteiger partial charge in [0.2, 0.25) is 5.91 Å². The lowest BCUT2D eigenvalue weighted by Gasteiger charge is -2.20. The SMILES string of the molecule is Cc1cccc(C)c1NC(=O)CN(CCO)CCO. The van der Waals surface area contributed by atoms with E-state index < -0.39 is 0 Å². The smallest absolute Gasteiger partial charge is 0.238 e. The third kappa shape index (κ3) is 4.98. The average molecular weight is 266 g/mol. The summed E-state index contributed by atoms with van der Waals surface area (Å²) in [6, 6.07) is 5.84. The molecule has 0 fully saturated rings. The minimum atomic E-state index is -0.140. The second-order valence-corrected chi connectivity index (χ2v) is 4.54. The van der Waals surface area contributed by atoms with Crippen LogP contribution in [0, 0.1) is 13.8 Å². The van der Waals surface area contributed by atoms with Crippen LogP contribution in [0.2, 0.25) is 0 Å². The molecule has 0 spiro atoms. The molecule has 0 radical (unpaired) electrons. The zero-order valence-corrected chi connectivity index (χ0v) is 11.5. The molecule has 0 saturated heterocycles. The number of hydrogen-bond acceptors (Lipinski definition) is 4. The van der Waals surface area contributed by atoms with Crippen molar-refractivity contribution in [3.8, 4) is 0 Å². The molecule has 0 aliphatic rings. The van der Waals surface area contributed by atoms with Crippen molar-refractivity contribution in [2.75, 3.05) is 38.2 Å². The number of carbonyl (C=O) groups excluding carboxylic acids is 1. The van der Waals surface area contributed by atoms with Crippen molar-refractivity contribution >= 4 is 11.6 Å². The van der Waals surface area contributed by atoms with Gasteiger partial charge < -0.3 is 15.5 Å². The Morgan fingerprint density at radius 2 is 1.68 bits per heavy atom. The van der Waals surface area contributed by atoms with Crippen molar-refractivity contribution in [2.24, 2.45) is 0 Å². The molecule has 0 bridgehead atoms. The monoisotopic (exact) mass is 266 g/mol. The lowest BCUT2D eigenvalue weighted by molar-refractivity contribution is -0.117. The third-order valence-corrected chi connectivity index (χ3v) is 2.95. The fourth-order valence-corrected chi connectivity index (χ4v) is 1.95. The van der Waals surface area contributed by atoms with Crippen LogP contribution in [-0.2, 0) is 4.79 Å². The molecule has 19 heavy (non-hydrogen) atoms. The molecule has 0 aromatic heterocycles. The van der Waals surface area contributed by atoms with Crippen LogP contribution in [0.25, 0.3) is 0 Å². The summed E-state index contributed by atoms with van der Waals surface area (Å²) in [6.07, 6.45) is 0. The Bertz CT molecular complexity index is 395. The van der Waals surface area contributed by atoms with Crippen LogP contribution >= 0.6 is 0 Å². The quantitative estimate of drug-likeness (QED) is 0.673. The Morgan fingerprint density at radius 3 is 2.16 bits per heavy atom. The molecule has 106 valence electrons. The highest BCUT2D eigenvalue weighted by molar-refractivity contribution is 5.93. The maximum atomic E-state index is 12.0. The highest BCUT2D eigenvalue weighted by Crippen LogP contribution is 2.19. The first-order valence-corrected chi connectivity index (χ1v) is 6.38. The first kappa shape index (κ1) is 15.6. The largest absolute Gasteiger partial charge is 0.395 e. The topological polar surface area (TPSA) is 72.8 Å². The van der Waals surface area contributed by atoms with Crippen LogP contribution in [0.1, 0.15) is 11.1 Å². The van der Waals surface area contributed by atoms with Gasteiger partial charge in [-0.3, -0.25) is 9.69 Å². The van der Waals surface area contributed by atoms with Crippen molar-refractivity contribution in [3.63, 3.8) is 0 Å². The highest BCUT2D eigenvalue weighted by Gasteiger charge is 2.11. The van der Waals surface area contributed by atoms with E-state index in [2.05, 4.69) is 5.32 Å². The Morgan fingerprint density at radius 1 is 1.16 bits per heavy atom. The molecule has 1 amide bonds. The van der Waals surface area contributed by atoms with Gasteiger partial charge in [0.25, 0.3) is 0 Å². The van der Waals surface area contributed by atoms with Gasteiger partial charge >= 0.3 is 0 Å². The predicted octanol–water partition coefficient (Wildman–Crippen LogP) is 0.529. The van der Waals surface area contributed by atoms with Crippen LogP contribution in [-0.4, -0.2) is 53.9 Å². The van der Waals surface area contributed by atoms with Gasteiger partial charge in [0.1, 0.15) is 0 Å². The molecule has 1 rings (SSSR count). The van der Waals surface area contributed by atoms with Crippen molar-refractivity contribution in [1.82, 2.24) is 4.90 Å². The van der Waals surface area contributed by atoms with Crippen molar-refractivity contribution in [1.29, 1.82) is 0 Å². The molecule has 3 N–H and O–H groups in total. The molecule has 0 aliphatic heterocycles. The fourth-order valence-electron chi connectivity index (χ4n) is 1.95. The van der Waals surface area contributed by atoms with E-state index in [9.17, 15) is 4.79 Å². The maximum absolute atomic E-state index is 12.0. The van der Waals surface area contributed by atoms with E-state index in [1.54, 1.807) is 4.90 Å². The summed E-state index contributed by atoms with van der Waals surface area (Å²) in [5, 5.41) is 20.7. The van der Waals surface area contributed by atoms with Crippen molar-refractivity contribution in [3.05, 3.63) is 29.3 Å². The molecule has 0 saturated carbocycles. The van der Waals surface area contributed by atoms with Crippen molar-refractivity contribution < 1.29 is 15.0 Å². The van der Waals surface area contributed by atoms with E-state index in [1.165, 1.54) is 0 Å². The van der Waals surface area contributed by atoms with Crippen LogP contribution < -0.4 is 5.32 Å². The summed E-state index contributed by atoms with van der Waals surface area (Å²) < 4.78 is 0. The number of anilines is 1. The number of rotatable bonds is 7. The van der Waals surface area contributed by atoms with E-state index in [4.69, 9.17) is 10.2 Å². The third-order valence-electron chi connectivity index (χ3n) is 2.95. The Hall–Kier alpha value is -1.43. The number of amides is 1. The second-order valence-electron chi connectivity index (χ2n) is 4.54. The molecule has 0 unspecified atom stereocenters. The number of nitrogens with zero attached hydrogens (tertiary/aromatic N) is 1. The number of hydrogen-bond donors (Lipinski definition) is 3. The zero-order chi connectivity index (χ0) is 14.3. The molecular weight excluding hydrogens is 244 g/mol. The number of nitrogens with one attached hydrogen (secondary N) is 1. The summed E-state index contributed by atoms with van der Waals surface area (Å²) in [5.41, 5.74) is 2.87. The Kier molecular flexibility index (Phi) is 6.49. The number of aliphatic hydroxyl groups is 2. The van der Waals surface area contributed by atoms with Gasteiger partial charge in [-0.25, -0.2) is 0 Å². The molecule has 1 aromatic carbocycles. The summed E-state index contributed by atoms with van der Waals surface area (Å²) in [5.74, 6) is -0.140. The van der Waals surface area contributed by atoms with Gasteiger partial charge in [-0.2, -0.15) is 0 Å². The number of carbonyl (C=O) groups is 1. The van der Waals surface area contributed by atoms with E-state index in [0.29, 0.717) is 13.1 Å². The molecule has 0 aliphatic carbocycles. The first-order chi connectivity index (χ1) is 9.08. The van der Waals surface area contributed by atoms with Gasteiger partial charge in [0.15, 0.2) is 0 Å². The predicted molar refractivity (Wildman–Crippen MR) is 75.2 cm³/mol. The van der Waals surface area contributed by atoms with Crippen LogP contribution in [0.5, 0.6) is 0 Å². The van der Waals surface area contributed by atoms with Crippen LogP contribution in [0.15, 0.2) is 18.2 Å². The highest BCUT2D eigenvalue weighted by atomic mass is 16.3. The number of para-hydroxylation sites is 1. The molecular formula is C14H22N2O3. The van der Waals surface area contributed by atoms with Gasteiger partial charge in [-0.1, -0.05) is 18.2 Å². The number of aliphatic hydroxyl groups excluding tert-OH is 2. The fraction of sp³-hybridized carbons (Fsp3) is 0.500. The van der Waals surface area contributed by atoms with Crippen molar-refractivity contribution in [2.45, 2.75) is 13.8 Å². The molecule has 0 atom stereocenters.